The average Bonchev–Trinajstić information content (AvgIpc) is 2.65. The van der Waals surface area contributed by atoms with E-state index in [1.165, 1.54) is 24.3 Å². The van der Waals surface area contributed by atoms with Crippen LogP contribution in [0.2, 0.25) is 0 Å². The number of hydrogen-bond acceptors (Lipinski definition) is 3. The molecule has 0 aliphatic carbocycles. The van der Waals surface area contributed by atoms with Gasteiger partial charge in [0.2, 0.25) is 11.8 Å². The molecule has 0 atom stereocenters. The van der Waals surface area contributed by atoms with Crippen molar-refractivity contribution in [1.82, 2.24) is 10.3 Å². The molecule has 1 amide bonds. The molecule has 2 aromatic carbocycles. The van der Waals surface area contributed by atoms with Crippen LogP contribution in [-0.4, -0.2) is 10.9 Å². The Bertz CT molecular complexity index is 939. The van der Waals surface area contributed by atoms with Gasteiger partial charge in [0.25, 0.3) is 0 Å². The summed E-state index contributed by atoms with van der Waals surface area (Å²) < 4.78 is 18.6. The average molecular weight is 364 g/mol. The number of carbonyl (C=O) groups excluding carboxylic acids is 1. The standard InChI is InChI=1S/C22H21FN2O2/c1-15-3-4-16(2)18(11-15)13-21(26)25-14-17-9-10-24-22(12-17)27-20-7-5-19(23)6-8-20/h3-12H,13-14H2,1-2H3,(H,25,26). The number of rotatable bonds is 6. The molecule has 0 bridgehead atoms. The number of ether oxygens (including phenoxy) is 1. The van der Waals surface area contributed by atoms with Crippen molar-refractivity contribution in [3.05, 3.63) is 88.9 Å². The fourth-order valence-corrected chi connectivity index (χ4v) is 2.67. The maximum Gasteiger partial charge on any atom is 0.224 e. The first-order chi connectivity index (χ1) is 13.0. The van der Waals surface area contributed by atoms with Crippen LogP contribution in [0.3, 0.4) is 0 Å². The minimum atomic E-state index is -0.324. The van der Waals surface area contributed by atoms with Gasteiger partial charge in [-0.3, -0.25) is 4.79 Å². The third-order valence-corrected chi connectivity index (χ3v) is 4.18. The van der Waals surface area contributed by atoms with Gasteiger partial charge < -0.3 is 10.1 Å². The number of nitrogens with one attached hydrogen (secondary N) is 1. The zero-order chi connectivity index (χ0) is 19.2. The quantitative estimate of drug-likeness (QED) is 0.701. The normalized spacial score (nSPS) is 10.5. The zero-order valence-corrected chi connectivity index (χ0v) is 15.3. The van der Waals surface area contributed by atoms with Crippen LogP contribution in [0.15, 0.2) is 60.8 Å². The Labute approximate surface area is 158 Å². The molecule has 0 saturated heterocycles. The number of benzene rings is 2. The molecule has 3 rings (SSSR count). The number of pyridine rings is 1. The van der Waals surface area contributed by atoms with Gasteiger partial charge in [-0.15, -0.1) is 0 Å². The Balaban J connectivity index is 1.58. The van der Waals surface area contributed by atoms with Gasteiger partial charge in [0, 0.05) is 18.8 Å². The lowest BCUT2D eigenvalue weighted by molar-refractivity contribution is -0.120. The van der Waals surface area contributed by atoms with E-state index in [1.54, 1.807) is 12.3 Å². The van der Waals surface area contributed by atoms with E-state index < -0.39 is 0 Å². The number of aryl methyl sites for hydroxylation is 2. The minimum absolute atomic E-state index is 0.0403. The molecule has 27 heavy (non-hydrogen) atoms. The SMILES string of the molecule is Cc1ccc(C)c(CC(=O)NCc2ccnc(Oc3ccc(F)cc3)c2)c1. The molecule has 0 aliphatic rings. The molecule has 138 valence electrons. The second-order valence-corrected chi connectivity index (χ2v) is 6.44. The second kappa shape index (κ2) is 8.45. The van der Waals surface area contributed by atoms with Gasteiger partial charge >= 0.3 is 0 Å². The largest absolute Gasteiger partial charge is 0.439 e. The summed E-state index contributed by atoms with van der Waals surface area (Å²) in [5.74, 6) is 0.528. The fraction of sp³-hybridized carbons (Fsp3) is 0.182. The lowest BCUT2D eigenvalue weighted by atomic mass is 10.0. The lowest BCUT2D eigenvalue weighted by Crippen LogP contribution is -2.24. The van der Waals surface area contributed by atoms with E-state index in [1.807, 2.05) is 38.1 Å². The molecule has 0 aliphatic heterocycles. The fourth-order valence-electron chi connectivity index (χ4n) is 2.67. The van der Waals surface area contributed by atoms with Crippen LogP contribution >= 0.6 is 0 Å². The topological polar surface area (TPSA) is 51.2 Å². The van der Waals surface area contributed by atoms with Crippen molar-refractivity contribution in [3.8, 4) is 11.6 Å². The predicted molar refractivity (Wildman–Crippen MR) is 102 cm³/mol. The van der Waals surface area contributed by atoms with Crippen LogP contribution in [-0.2, 0) is 17.8 Å². The van der Waals surface area contributed by atoms with Gasteiger partial charge in [-0.2, -0.15) is 0 Å². The summed E-state index contributed by atoms with van der Waals surface area (Å²) in [7, 11) is 0. The van der Waals surface area contributed by atoms with Crippen molar-refractivity contribution < 1.29 is 13.9 Å². The molecule has 4 nitrogen and oxygen atoms in total. The molecular weight excluding hydrogens is 343 g/mol. The first-order valence-corrected chi connectivity index (χ1v) is 8.71. The Kier molecular flexibility index (Phi) is 5.81. The van der Waals surface area contributed by atoms with Gasteiger partial charge in [-0.1, -0.05) is 23.8 Å². The molecule has 0 radical (unpaired) electrons. The molecule has 1 N–H and O–H groups in total. The summed E-state index contributed by atoms with van der Waals surface area (Å²) in [6.07, 6.45) is 1.96. The number of amides is 1. The first-order valence-electron chi connectivity index (χ1n) is 8.71. The lowest BCUT2D eigenvalue weighted by Gasteiger charge is -2.10. The molecule has 3 aromatic rings. The van der Waals surface area contributed by atoms with E-state index in [0.29, 0.717) is 24.6 Å². The molecule has 1 aromatic heterocycles. The van der Waals surface area contributed by atoms with E-state index in [9.17, 15) is 9.18 Å². The zero-order valence-electron chi connectivity index (χ0n) is 15.3. The van der Waals surface area contributed by atoms with Crippen LogP contribution in [0, 0.1) is 19.7 Å². The Hall–Kier alpha value is -3.21. The summed E-state index contributed by atoms with van der Waals surface area (Å²) in [5.41, 5.74) is 4.15. The van der Waals surface area contributed by atoms with E-state index in [-0.39, 0.29) is 11.7 Å². The van der Waals surface area contributed by atoms with Crippen molar-refractivity contribution in [3.63, 3.8) is 0 Å². The molecule has 0 fully saturated rings. The first kappa shape index (κ1) is 18.6. The highest BCUT2D eigenvalue weighted by molar-refractivity contribution is 5.79. The molecule has 5 heteroatoms. The number of halogens is 1. The number of aromatic nitrogens is 1. The summed E-state index contributed by atoms with van der Waals surface area (Å²) in [4.78, 5) is 16.4. The monoisotopic (exact) mass is 364 g/mol. The van der Waals surface area contributed by atoms with Gasteiger partial charge in [0.1, 0.15) is 11.6 Å². The number of carbonyl (C=O) groups is 1. The summed E-state index contributed by atoms with van der Waals surface area (Å²) in [6.45, 7) is 4.40. The number of hydrogen-bond donors (Lipinski definition) is 1. The van der Waals surface area contributed by atoms with Crippen molar-refractivity contribution in [2.75, 3.05) is 0 Å². The van der Waals surface area contributed by atoms with E-state index in [2.05, 4.69) is 10.3 Å². The highest BCUT2D eigenvalue weighted by atomic mass is 19.1. The van der Waals surface area contributed by atoms with Crippen molar-refractivity contribution in [1.29, 1.82) is 0 Å². The van der Waals surface area contributed by atoms with E-state index >= 15 is 0 Å². The molecule has 0 unspecified atom stereocenters. The Morgan fingerprint density at radius 3 is 2.63 bits per heavy atom. The van der Waals surface area contributed by atoms with Gasteiger partial charge in [0.15, 0.2) is 0 Å². The molecule has 0 spiro atoms. The Morgan fingerprint density at radius 1 is 1.07 bits per heavy atom. The molecule has 1 heterocycles. The van der Waals surface area contributed by atoms with E-state index in [4.69, 9.17) is 4.74 Å². The highest BCUT2D eigenvalue weighted by Crippen LogP contribution is 2.20. The summed E-state index contributed by atoms with van der Waals surface area (Å²) in [6, 6.07) is 15.4. The number of nitrogens with zero attached hydrogens (tertiary/aromatic N) is 1. The maximum absolute atomic E-state index is 13.0. The summed E-state index contributed by atoms with van der Waals surface area (Å²) in [5, 5.41) is 2.92. The maximum atomic E-state index is 13.0. The van der Waals surface area contributed by atoms with Gasteiger partial charge in [-0.25, -0.2) is 9.37 Å². The van der Waals surface area contributed by atoms with Gasteiger partial charge in [-0.05, 0) is 60.9 Å². The van der Waals surface area contributed by atoms with Gasteiger partial charge in [0.05, 0.1) is 6.42 Å². The third-order valence-electron chi connectivity index (χ3n) is 4.18. The van der Waals surface area contributed by atoms with E-state index in [0.717, 1.165) is 22.3 Å². The van der Waals surface area contributed by atoms with Crippen LogP contribution in [0.25, 0.3) is 0 Å². The highest BCUT2D eigenvalue weighted by Gasteiger charge is 2.07. The van der Waals surface area contributed by atoms with Crippen LogP contribution < -0.4 is 10.1 Å². The summed E-state index contributed by atoms with van der Waals surface area (Å²) >= 11 is 0. The predicted octanol–water partition coefficient (Wildman–Crippen LogP) is 4.49. The second-order valence-electron chi connectivity index (χ2n) is 6.44. The molecule has 0 saturated carbocycles. The molecular formula is C22H21FN2O2. The van der Waals surface area contributed by atoms with Crippen molar-refractivity contribution in [2.24, 2.45) is 0 Å². The van der Waals surface area contributed by atoms with Crippen molar-refractivity contribution in [2.45, 2.75) is 26.8 Å². The van der Waals surface area contributed by atoms with Crippen molar-refractivity contribution >= 4 is 5.91 Å². The van der Waals surface area contributed by atoms with Crippen LogP contribution in [0.4, 0.5) is 4.39 Å². The van der Waals surface area contributed by atoms with Crippen LogP contribution in [0.1, 0.15) is 22.3 Å². The third kappa shape index (κ3) is 5.38. The minimum Gasteiger partial charge on any atom is -0.439 e. The Morgan fingerprint density at radius 2 is 1.85 bits per heavy atom. The smallest absolute Gasteiger partial charge is 0.224 e. The van der Waals surface area contributed by atoms with Crippen LogP contribution in [0.5, 0.6) is 11.6 Å².